The van der Waals surface area contributed by atoms with Crippen LogP contribution in [0.4, 0.5) is 8.78 Å². The second kappa shape index (κ2) is 3.82. The first-order valence-electron chi connectivity index (χ1n) is 2.85. The molecule has 1 aromatic heterocycles. The van der Waals surface area contributed by atoms with Crippen molar-refractivity contribution < 1.29 is 13.9 Å². The summed E-state index contributed by atoms with van der Waals surface area (Å²) in [5, 5.41) is 9.06. The molecule has 0 atom stereocenters. The number of alkyl halides is 2. The lowest BCUT2D eigenvalue weighted by Crippen LogP contribution is -1.94. The summed E-state index contributed by atoms with van der Waals surface area (Å²) in [5.41, 5.74) is -0.350. The smallest absolute Gasteiger partial charge is 0.281 e. The Balaban J connectivity index is 3.23. The summed E-state index contributed by atoms with van der Waals surface area (Å²) in [4.78, 5) is 3.51. The minimum Gasteiger partial charge on any atom is -0.505 e. The van der Waals surface area contributed by atoms with Crippen molar-refractivity contribution in [2.24, 2.45) is 0 Å². The third kappa shape index (κ3) is 2.03. The van der Waals surface area contributed by atoms with Gasteiger partial charge in [-0.3, -0.25) is 0 Å². The molecule has 0 radical (unpaired) electrons. The minimum atomic E-state index is -2.63. The fourth-order valence-corrected chi connectivity index (χ4v) is 1.52. The number of aromatic nitrogens is 1. The number of nitrogens with zero attached hydrogens (tertiary/aromatic N) is 1. The summed E-state index contributed by atoms with van der Waals surface area (Å²) in [7, 11) is 0. The molecule has 1 N–H and O–H groups in total. The average Bonchev–Trinajstić information content (AvgIpc) is 1.96. The molecule has 0 aliphatic heterocycles. The molecule has 2 nitrogen and oxygen atoms in total. The van der Waals surface area contributed by atoms with Gasteiger partial charge in [-0.2, -0.15) is 0 Å². The van der Waals surface area contributed by atoms with Crippen LogP contribution < -0.4 is 0 Å². The summed E-state index contributed by atoms with van der Waals surface area (Å²) in [5.74, 6) is -0.105. The molecule has 66 valence electrons. The lowest BCUT2D eigenvalue weighted by molar-refractivity contribution is 0.144. The van der Waals surface area contributed by atoms with Gasteiger partial charge in [0.2, 0.25) is 0 Å². The zero-order valence-corrected chi connectivity index (χ0v) is 9.30. The Hall–Kier alpha value is 0.0200. The van der Waals surface area contributed by atoms with Crippen LogP contribution in [0.3, 0.4) is 0 Å². The van der Waals surface area contributed by atoms with E-state index in [4.69, 9.17) is 5.11 Å². The van der Waals surface area contributed by atoms with E-state index in [9.17, 15) is 8.78 Å². The number of hydrogen-bond donors (Lipinski definition) is 1. The van der Waals surface area contributed by atoms with Crippen LogP contribution >= 0.6 is 38.5 Å². The molecule has 0 aliphatic rings. The van der Waals surface area contributed by atoms with E-state index in [1.54, 1.807) is 22.6 Å². The van der Waals surface area contributed by atoms with Crippen molar-refractivity contribution >= 4 is 38.5 Å². The molecular formula is C6H3BrF2INO. The van der Waals surface area contributed by atoms with Crippen LogP contribution in [0.15, 0.2) is 10.5 Å². The lowest BCUT2D eigenvalue weighted by atomic mass is 10.3. The van der Waals surface area contributed by atoms with Crippen molar-refractivity contribution in [1.82, 2.24) is 4.98 Å². The van der Waals surface area contributed by atoms with Crippen LogP contribution in [-0.2, 0) is 0 Å². The van der Waals surface area contributed by atoms with Gasteiger partial charge in [-0.15, -0.1) is 0 Å². The van der Waals surface area contributed by atoms with Gasteiger partial charge >= 0.3 is 0 Å². The normalized spacial score (nSPS) is 10.8. The van der Waals surface area contributed by atoms with E-state index in [0.717, 1.165) is 0 Å². The van der Waals surface area contributed by atoms with Gasteiger partial charge in [0.15, 0.2) is 0 Å². The second-order valence-electron chi connectivity index (χ2n) is 1.97. The van der Waals surface area contributed by atoms with Crippen molar-refractivity contribution in [3.05, 3.63) is 19.9 Å². The average molecular weight is 350 g/mol. The molecule has 1 aromatic rings. The molecule has 0 amide bonds. The topological polar surface area (TPSA) is 33.1 Å². The van der Waals surface area contributed by atoms with Crippen LogP contribution in [0.1, 0.15) is 12.1 Å². The van der Waals surface area contributed by atoms with Gasteiger partial charge in [0.25, 0.3) is 6.43 Å². The minimum absolute atomic E-state index is 0.105. The van der Waals surface area contributed by atoms with Gasteiger partial charge in [0.1, 0.15) is 15.1 Å². The first kappa shape index (κ1) is 10.1. The highest BCUT2D eigenvalue weighted by molar-refractivity contribution is 14.1. The number of pyridine rings is 1. The number of rotatable bonds is 1. The van der Waals surface area contributed by atoms with E-state index in [1.165, 1.54) is 6.07 Å². The maximum atomic E-state index is 12.2. The largest absolute Gasteiger partial charge is 0.505 e. The highest BCUT2D eigenvalue weighted by Crippen LogP contribution is 2.30. The zero-order chi connectivity index (χ0) is 9.30. The summed E-state index contributed by atoms with van der Waals surface area (Å²) in [6.45, 7) is 0. The number of hydrogen-bond acceptors (Lipinski definition) is 2. The fourth-order valence-electron chi connectivity index (χ4n) is 0.623. The molecule has 0 unspecified atom stereocenters. The van der Waals surface area contributed by atoms with E-state index in [0.29, 0.717) is 0 Å². The third-order valence-corrected chi connectivity index (χ3v) is 2.57. The first-order chi connectivity index (χ1) is 5.52. The molecule has 0 saturated heterocycles. The maximum absolute atomic E-state index is 12.2. The predicted octanol–water partition coefficient (Wildman–Crippen LogP) is 3.09. The molecule has 0 fully saturated rings. The Bertz CT molecular complexity index is 308. The van der Waals surface area contributed by atoms with E-state index in [2.05, 4.69) is 20.9 Å². The van der Waals surface area contributed by atoms with E-state index < -0.39 is 6.43 Å². The van der Waals surface area contributed by atoms with Crippen molar-refractivity contribution in [2.45, 2.75) is 6.43 Å². The monoisotopic (exact) mass is 349 g/mol. The lowest BCUT2D eigenvalue weighted by Gasteiger charge is -2.03. The molecular weight excluding hydrogens is 347 g/mol. The van der Waals surface area contributed by atoms with Crippen LogP contribution in [-0.4, -0.2) is 10.1 Å². The molecule has 0 aromatic carbocycles. The van der Waals surface area contributed by atoms with Gasteiger partial charge in [0, 0.05) is 4.47 Å². The van der Waals surface area contributed by atoms with Gasteiger partial charge in [-0.1, -0.05) is 0 Å². The van der Waals surface area contributed by atoms with E-state index in [1.807, 2.05) is 0 Å². The van der Waals surface area contributed by atoms with Crippen LogP contribution in [0, 0.1) is 3.70 Å². The van der Waals surface area contributed by atoms with Crippen LogP contribution in [0.5, 0.6) is 5.75 Å². The zero-order valence-electron chi connectivity index (χ0n) is 5.56. The second-order valence-corrected chi connectivity index (χ2v) is 3.84. The molecule has 6 heteroatoms. The highest BCUT2D eigenvalue weighted by Gasteiger charge is 2.15. The Labute approximate surface area is 89.3 Å². The van der Waals surface area contributed by atoms with Crippen molar-refractivity contribution in [3.63, 3.8) is 0 Å². The molecule has 1 heterocycles. The van der Waals surface area contributed by atoms with Crippen LogP contribution in [0.2, 0.25) is 0 Å². The fraction of sp³-hybridized carbons (Fsp3) is 0.167. The van der Waals surface area contributed by atoms with Crippen LogP contribution in [0.25, 0.3) is 0 Å². The quantitative estimate of drug-likeness (QED) is 0.624. The number of halogens is 4. The van der Waals surface area contributed by atoms with E-state index >= 15 is 0 Å². The molecule has 1 rings (SSSR count). The third-order valence-electron chi connectivity index (χ3n) is 1.14. The Morgan fingerprint density at radius 2 is 2.17 bits per heavy atom. The summed E-state index contributed by atoms with van der Waals surface area (Å²) in [6.07, 6.45) is -2.63. The Morgan fingerprint density at radius 3 is 2.67 bits per heavy atom. The molecule has 0 bridgehead atoms. The standard InChI is InChI=1S/C6H3BrF2INO/c7-2-1-3(12)6(10)11-4(2)5(8)9/h1,5,12H. The SMILES string of the molecule is Oc1cc(Br)c(C(F)F)nc1I. The Morgan fingerprint density at radius 1 is 1.58 bits per heavy atom. The number of aromatic hydroxyl groups is 1. The van der Waals surface area contributed by atoms with Gasteiger partial charge in [-0.05, 0) is 44.6 Å². The molecule has 0 saturated carbocycles. The van der Waals surface area contributed by atoms with Gasteiger partial charge < -0.3 is 5.11 Å². The highest BCUT2D eigenvalue weighted by atomic mass is 127. The van der Waals surface area contributed by atoms with Crippen molar-refractivity contribution in [2.75, 3.05) is 0 Å². The Kier molecular flexibility index (Phi) is 3.22. The molecule has 12 heavy (non-hydrogen) atoms. The van der Waals surface area contributed by atoms with Crippen molar-refractivity contribution in [3.8, 4) is 5.75 Å². The summed E-state index contributed by atoms with van der Waals surface area (Å²) >= 11 is 4.56. The van der Waals surface area contributed by atoms with Gasteiger partial charge in [-0.25, -0.2) is 13.8 Å². The van der Waals surface area contributed by atoms with Crippen molar-refractivity contribution in [1.29, 1.82) is 0 Å². The molecule has 0 spiro atoms. The summed E-state index contributed by atoms with van der Waals surface area (Å²) < 4.78 is 24.6. The first-order valence-corrected chi connectivity index (χ1v) is 4.72. The predicted molar refractivity (Wildman–Crippen MR) is 51.3 cm³/mol. The van der Waals surface area contributed by atoms with E-state index in [-0.39, 0.29) is 19.6 Å². The maximum Gasteiger partial charge on any atom is 0.281 e. The van der Waals surface area contributed by atoms with Gasteiger partial charge in [0.05, 0.1) is 0 Å². The molecule has 0 aliphatic carbocycles. The summed E-state index contributed by atoms with van der Waals surface area (Å²) in [6, 6.07) is 1.20.